The second-order valence-electron chi connectivity index (χ2n) is 5.27. The van der Waals surface area contributed by atoms with Gasteiger partial charge in [0.25, 0.3) is 0 Å². The Hall–Kier alpha value is -2.13. The van der Waals surface area contributed by atoms with Gasteiger partial charge in [0.1, 0.15) is 5.84 Å². The standard InChI is InChI=1S/C17H21N3/c1-13-3-5-14(6-4-13)11-20(2)12-15-7-9-16(10-8-15)17(18)19/h3-10H,11-12H2,1-2H3,(H3,18,19). The molecule has 0 amide bonds. The summed E-state index contributed by atoms with van der Waals surface area (Å²) >= 11 is 0. The molecular weight excluding hydrogens is 246 g/mol. The molecule has 0 saturated carbocycles. The maximum atomic E-state index is 7.38. The normalized spacial score (nSPS) is 10.8. The van der Waals surface area contributed by atoms with E-state index in [0.29, 0.717) is 0 Å². The number of nitrogens with zero attached hydrogens (tertiary/aromatic N) is 1. The van der Waals surface area contributed by atoms with E-state index in [9.17, 15) is 0 Å². The van der Waals surface area contributed by atoms with Gasteiger partial charge in [-0.25, -0.2) is 0 Å². The van der Waals surface area contributed by atoms with Crippen LogP contribution in [0, 0.1) is 12.3 Å². The molecule has 0 aliphatic rings. The number of hydrogen-bond donors (Lipinski definition) is 2. The Morgan fingerprint density at radius 2 is 1.40 bits per heavy atom. The van der Waals surface area contributed by atoms with Crippen LogP contribution in [0.4, 0.5) is 0 Å². The van der Waals surface area contributed by atoms with Gasteiger partial charge in [-0.3, -0.25) is 10.3 Å². The lowest BCUT2D eigenvalue weighted by Gasteiger charge is -2.17. The topological polar surface area (TPSA) is 53.1 Å². The lowest BCUT2D eigenvalue weighted by Crippen LogP contribution is -2.17. The SMILES string of the molecule is Cc1ccc(CN(C)Cc2ccc(C(=N)N)cc2)cc1. The smallest absolute Gasteiger partial charge is 0.122 e. The van der Waals surface area contributed by atoms with Crippen LogP contribution < -0.4 is 5.73 Å². The third-order valence-corrected chi connectivity index (χ3v) is 3.29. The van der Waals surface area contributed by atoms with E-state index in [1.165, 1.54) is 16.7 Å². The van der Waals surface area contributed by atoms with E-state index in [2.05, 4.69) is 43.1 Å². The van der Waals surface area contributed by atoms with Crippen LogP contribution in [0.15, 0.2) is 48.5 Å². The molecule has 2 aromatic rings. The summed E-state index contributed by atoms with van der Waals surface area (Å²) in [6.45, 7) is 3.91. The zero-order chi connectivity index (χ0) is 14.5. The maximum Gasteiger partial charge on any atom is 0.122 e. The van der Waals surface area contributed by atoms with Gasteiger partial charge in [0.2, 0.25) is 0 Å². The molecule has 3 heteroatoms. The van der Waals surface area contributed by atoms with Crippen LogP contribution in [-0.4, -0.2) is 17.8 Å². The molecule has 3 N–H and O–H groups in total. The Kier molecular flexibility index (Phi) is 4.53. The van der Waals surface area contributed by atoms with Gasteiger partial charge in [0.05, 0.1) is 0 Å². The van der Waals surface area contributed by atoms with Crippen molar-refractivity contribution in [1.82, 2.24) is 4.90 Å². The summed E-state index contributed by atoms with van der Waals surface area (Å²) in [6, 6.07) is 16.5. The van der Waals surface area contributed by atoms with Crippen molar-refractivity contribution >= 4 is 5.84 Å². The Bertz CT molecular complexity index is 570. The molecule has 2 aromatic carbocycles. The molecule has 0 aliphatic carbocycles. The van der Waals surface area contributed by atoms with Gasteiger partial charge in [0, 0.05) is 18.7 Å². The highest BCUT2D eigenvalue weighted by Gasteiger charge is 2.03. The second-order valence-corrected chi connectivity index (χ2v) is 5.27. The first kappa shape index (κ1) is 14.3. The van der Waals surface area contributed by atoms with E-state index in [0.717, 1.165) is 18.7 Å². The van der Waals surface area contributed by atoms with Crippen molar-refractivity contribution in [3.05, 3.63) is 70.8 Å². The molecule has 0 fully saturated rings. The van der Waals surface area contributed by atoms with E-state index in [1.54, 1.807) is 0 Å². The number of aryl methyl sites for hydroxylation is 1. The number of hydrogen-bond acceptors (Lipinski definition) is 2. The largest absolute Gasteiger partial charge is 0.384 e. The summed E-state index contributed by atoms with van der Waals surface area (Å²) in [5.41, 5.74) is 10.1. The quantitative estimate of drug-likeness (QED) is 0.646. The molecule has 0 saturated heterocycles. The zero-order valence-corrected chi connectivity index (χ0v) is 12.1. The Morgan fingerprint density at radius 3 is 1.85 bits per heavy atom. The molecule has 0 aliphatic heterocycles. The van der Waals surface area contributed by atoms with Crippen LogP contribution in [0.1, 0.15) is 22.3 Å². The summed E-state index contributed by atoms with van der Waals surface area (Å²) in [5, 5.41) is 7.38. The van der Waals surface area contributed by atoms with Crippen LogP contribution in [-0.2, 0) is 13.1 Å². The summed E-state index contributed by atoms with van der Waals surface area (Å²) in [7, 11) is 2.11. The van der Waals surface area contributed by atoms with Gasteiger partial charge in [-0.1, -0.05) is 54.1 Å². The van der Waals surface area contributed by atoms with Crippen LogP contribution >= 0.6 is 0 Å². The monoisotopic (exact) mass is 267 g/mol. The van der Waals surface area contributed by atoms with Crippen LogP contribution in [0.5, 0.6) is 0 Å². The van der Waals surface area contributed by atoms with Crippen LogP contribution in [0.2, 0.25) is 0 Å². The molecule has 20 heavy (non-hydrogen) atoms. The molecule has 0 spiro atoms. The molecule has 0 atom stereocenters. The molecular formula is C17H21N3. The fraction of sp³-hybridized carbons (Fsp3) is 0.235. The van der Waals surface area contributed by atoms with Gasteiger partial charge < -0.3 is 5.73 Å². The van der Waals surface area contributed by atoms with E-state index < -0.39 is 0 Å². The minimum Gasteiger partial charge on any atom is -0.384 e. The first-order valence-electron chi connectivity index (χ1n) is 6.72. The van der Waals surface area contributed by atoms with Crippen molar-refractivity contribution in [3.8, 4) is 0 Å². The molecule has 3 nitrogen and oxygen atoms in total. The first-order valence-corrected chi connectivity index (χ1v) is 6.72. The van der Waals surface area contributed by atoms with E-state index in [4.69, 9.17) is 11.1 Å². The van der Waals surface area contributed by atoms with Crippen molar-refractivity contribution in [2.45, 2.75) is 20.0 Å². The van der Waals surface area contributed by atoms with Gasteiger partial charge >= 0.3 is 0 Å². The molecule has 0 unspecified atom stereocenters. The number of nitrogen functional groups attached to an aromatic ring is 1. The van der Waals surface area contributed by atoms with Crippen molar-refractivity contribution in [2.24, 2.45) is 5.73 Å². The Labute approximate surface area is 120 Å². The summed E-state index contributed by atoms with van der Waals surface area (Å²) in [5.74, 6) is 0.115. The lowest BCUT2D eigenvalue weighted by atomic mass is 10.1. The highest BCUT2D eigenvalue weighted by Crippen LogP contribution is 2.10. The summed E-state index contributed by atoms with van der Waals surface area (Å²) in [6.07, 6.45) is 0. The first-order chi connectivity index (χ1) is 9.54. The molecule has 0 heterocycles. The van der Waals surface area contributed by atoms with Crippen molar-refractivity contribution in [3.63, 3.8) is 0 Å². The summed E-state index contributed by atoms with van der Waals surface area (Å²) < 4.78 is 0. The molecule has 0 bridgehead atoms. The average molecular weight is 267 g/mol. The maximum absolute atomic E-state index is 7.38. The molecule has 2 rings (SSSR count). The number of rotatable bonds is 5. The van der Waals surface area contributed by atoms with Gasteiger partial charge in [-0.05, 0) is 25.1 Å². The number of nitrogens with two attached hydrogens (primary N) is 1. The minimum absolute atomic E-state index is 0.115. The zero-order valence-electron chi connectivity index (χ0n) is 12.1. The minimum atomic E-state index is 0.115. The van der Waals surface area contributed by atoms with E-state index in [-0.39, 0.29) is 5.84 Å². The van der Waals surface area contributed by atoms with Crippen molar-refractivity contribution in [2.75, 3.05) is 7.05 Å². The fourth-order valence-corrected chi connectivity index (χ4v) is 2.16. The third kappa shape index (κ3) is 3.93. The van der Waals surface area contributed by atoms with Crippen molar-refractivity contribution in [1.29, 1.82) is 5.41 Å². The predicted molar refractivity (Wildman–Crippen MR) is 83.8 cm³/mol. The van der Waals surface area contributed by atoms with Gasteiger partial charge in [0.15, 0.2) is 0 Å². The average Bonchev–Trinajstić information content (AvgIpc) is 2.42. The van der Waals surface area contributed by atoms with Crippen LogP contribution in [0.25, 0.3) is 0 Å². The predicted octanol–water partition coefficient (Wildman–Crippen LogP) is 2.91. The fourth-order valence-electron chi connectivity index (χ4n) is 2.16. The van der Waals surface area contributed by atoms with Crippen LogP contribution in [0.3, 0.4) is 0 Å². The molecule has 104 valence electrons. The third-order valence-electron chi connectivity index (χ3n) is 3.29. The lowest BCUT2D eigenvalue weighted by molar-refractivity contribution is 0.319. The van der Waals surface area contributed by atoms with Gasteiger partial charge in [-0.15, -0.1) is 0 Å². The second kappa shape index (κ2) is 6.35. The number of nitrogens with one attached hydrogen (secondary N) is 1. The highest BCUT2D eigenvalue weighted by atomic mass is 15.1. The number of benzene rings is 2. The Morgan fingerprint density at radius 1 is 0.950 bits per heavy atom. The molecule has 0 aromatic heterocycles. The number of amidine groups is 1. The molecule has 0 radical (unpaired) electrons. The highest BCUT2D eigenvalue weighted by molar-refractivity contribution is 5.94. The van der Waals surface area contributed by atoms with E-state index in [1.807, 2.05) is 24.3 Å². The van der Waals surface area contributed by atoms with E-state index >= 15 is 0 Å². The summed E-state index contributed by atoms with van der Waals surface area (Å²) in [4.78, 5) is 2.27. The Balaban J connectivity index is 1.95. The van der Waals surface area contributed by atoms with Gasteiger partial charge in [-0.2, -0.15) is 0 Å². The van der Waals surface area contributed by atoms with Crippen molar-refractivity contribution < 1.29 is 0 Å².